The average molecular weight is 289 g/mol. The van der Waals surface area contributed by atoms with E-state index in [0.29, 0.717) is 12.4 Å². The Hall–Kier alpha value is -2.45. The van der Waals surface area contributed by atoms with Crippen molar-refractivity contribution >= 4 is 5.69 Å². The third kappa shape index (κ3) is 2.76. The fraction of sp³-hybridized carbons (Fsp3) is 0.182. The molecule has 0 saturated carbocycles. The summed E-state index contributed by atoms with van der Waals surface area (Å²) >= 11 is 0. The summed E-state index contributed by atoms with van der Waals surface area (Å²) in [6, 6.07) is 3.48. The van der Waals surface area contributed by atoms with E-state index < -0.39 is 28.2 Å². The molecule has 0 fully saturated rings. The zero-order chi connectivity index (χ0) is 14.9. The lowest BCUT2D eigenvalue weighted by molar-refractivity contribution is -0.387. The van der Waals surface area contributed by atoms with Gasteiger partial charge in [-0.1, -0.05) is 12.1 Å². The summed E-state index contributed by atoms with van der Waals surface area (Å²) in [6.07, 6.45) is -3.23. The van der Waals surface area contributed by atoms with E-state index in [-0.39, 0.29) is 12.1 Å². The standard InChI is InChI=1S/C11H7F4N3O2/c12-10-7(2-1-3-9(10)18(19)20)5-17-6-8(4-16-17)11(13,14)15/h1-4,6H,5H2. The molecule has 0 aliphatic carbocycles. The molecule has 0 atom stereocenters. The minimum Gasteiger partial charge on any atom is -0.268 e. The highest BCUT2D eigenvalue weighted by Gasteiger charge is 2.32. The van der Waals surface area contributed by atoms with Crippen molar-refractivity contribution in [3.63, 3.8) is 0 Å². The Balaban J connectivity index is 2.29. The highest BCUT2D eigenvalue weighted by atomic mass is 19.4. The van der Waals surface area contributed by atoms with Gasteiger partial charge in [0.1, 0.15) is 0 Å². The quantitative estimate of drug-likeness (QED) is 0.496. The molecule has 1 aromatic heterocycles. The second-order valence-corrected chi connectivity index (χ2v) is 3.93. The lowest BCUT2D eigenvalue weighted by Gasteiger charge is -2.04. The van der Waals surface area contributed by atoms with Gasteiger partial charge in [-0.15, -0.1) is 0 Å². The first-order valence-corrected chi connectivity index (χ1v) is 5.30. The molecule has 2 rings (SSSR count). The maximum Gasteiger partial charge on any atom is 0.419 e. The third-order valence-electron chi connectivity index (χ3n) is 2.55. The Labute approximate surface area is 109 Å². The minimum absolute atomic E-state index is 0.115. The summed E-state index contributed by atoms with van der Waals surface area (Å²) in [7, 11) is 0. The molecule has 106 valence electrons. The molecule has 1 heterocycles. The summed E-state index contributed by atoms with van der Waals surface area (Å²) in [6.45, 7) is -0.330. The number of nitro groups is 1. The van der Waals surface area contributed by atoms with Gasteiger partial charge in [0.15, 0.2) is 0 Å². The predicted octanol–water partition coefficient (Wildman–Crippen LogP) is 3.00. The van der Waals surface area contributed by atoms with E-state index in [2.05, 4.69) is 5.10 Å². The van der Waals surface area contributed by atoms with Gasteiger partial charge >= 0.3 is 11.9 Å². The van der Waals surface area contributed by atoms with Gasteiger partial charge in [0.25, 0.3) is 0 Å². The van der Waals surface area contributed by atoms with Crippen LogP contribution in [-0.2, 0) is 12.7 Å². The molecule has 20 heavy (non-hydrogen) atoms. The molecule has 9 heteroatoms. The minimum atomic E-state index is -4.54. The van der Waals surface area contributed by atoms with Gasteiger partial charge in [0.05, 0.1) is 23.2 Å². The van der Waals surface area contributed by atoms with Crippen molar-refractivity contribution < 1.29 is 22.5 Å². The van der Waals surface area contributed by atoms with E-state index in [4.69, 9.17) is 0 Å². The van der Waals surface area contributed by atoms with Gasteiger partial charge < -0.3 is 0 Å². The van der Waals surface area contributed by atoms with Crippen LogP contribution >= 0.6 is 0 Å². The average Bonchev–Trinajstić information content (AvgIpc) is 2.80. The van der Waals surface area contributed by atoms with Gasteiger partial charge in [-0.25, -0.2) is 0 Å². The monoisotopic (exact) mass is 289 g/mol. The number of rotatable bonds is 3. The Morgan fingerprint density at radius 3 is 2.60 bits per heavy atom. The molecule has 2 aromatic rings. The van der Waals surface area contributed by atoms with E-state index in [1.165, 1.54) is 12.1 Å². The summed E-state index contributed by atoms with van der Waals surface area (Å²) in [5.74, 6) is -1.08. The van der Waals surface area contributed by atoms with Crippen LogP contribution in [0.25, 0.3) is 0 Å². The smallest absolute Gasteiger partial charge is 0.268 e. The number of halogens is 4. The first kappa shape index (κ1) is 14.0. The van der Waals surface area contributed by atoms with Crippen LogP contribution in [0.5, 0.6) is 0 Å². The Morgan fingerprint density at radius 1 is 1.35 bits per heavy atom. The van der Waals surface area contributed by atoms with E-state index in [0.717, 1.165) is 10.7 Å². The number of benzene rings is 1. The molecule has 0 unspecified atom stereocenters. The Kier molecular flexibility index (Phi) is 3.43. The van der Waals surface area contributed by atoms with Crippen molar-refractivity contribution in [2.24, 2.45) is 0 Å². The second kappa shape index (κ2) is 4.91. The summed E-state index contributed by atoms with van der Waals surface area (Å²) in [4.78, 5) is 9.66. The number of nitro benzene ring substituents is 1. The molecule has 0 radical (unpaired) electrons. The molecule has 5 nitrogen and oxygen atoms in total. The van der Waals surface area contributed by atoms with Crippen molar-refractivity contribution in [2.75, 3.05) is 0 Å². The first-order chi connectivity index (χ1) is 9.29. The second-order valence-electron chi connectivity index (χ2n) is 3.93. The summed E-state index contributed by atoms with van der Waals surface area (Å²) in [5, 5.41) is 14.0. The normalized spacial score (nSPS) is 11.6. The van der Waals surface area contributed by atoms with E-state index in [1.807, 2.05) is 0 Å². The lowest BCUT2D eigenvalue weighted by atomic mass is 10.2. The number of hydrogen-bond donors (Lipinski definition) is 0. The van der Waals surface area contributed by atoms with Crippen molar-refractivity contribution in [2.45, 2.75) is 12.7 Å². The number of aromatic nitrogens is 2. The van der Waals surface area contributed by atoms with Crippen LogP contribution in [0.4, 0.5) is 23.2 Å². The van der Waals surface area contributed by atoms with Crippen molar-refractivity contribution in [1.29, 1.82) is 0 Å². The largest absolute Gasteiger partial charge is 0.419 e. The molecule has 0 N–H and O–H groups in total. The molecule has 0 aliphatic heterocycles. The van der Waals surface area contributed by atoms with Crippen LogP contribution < -0.4 is 0 Å². The highest BCUT2D eigenvalue weighted by Crippen LogP contribution is 2.29. The van der Waals surface area contributed by atoms with Crippen molar-refractivity contribution in [1.82, 2.24) is 9.78 Å². The number of hydrogen-bond acceptors (Lipinski definition) is 3. The maximum absolute atomic E-state index is 13.7. The third-order valence-corrected chi connectivity index (χ3v) is 2.55. The zero-order valence-electron chi connectivity index (χ0n) is 9.76. The van der Waals surface area contributed by atoms with Crippen LogP contribution in [0.1, 0.15) is 11.1 Å². The molecule has 0 aliphatic rings. The molecule has 0 bridgehead atoms. The molecule has 0 spiro atoms. The summed E-state index contributed by atoms with van der Waals surface area (Å²) < 4.78 is 51.7. The zero-order valence-corrected chi connectivity index (χ0v) is 9.76. The van der Waals surface area contributed by atoms with Gasteiger partial charge in [0.2, 0.25) is 5.82 Å². The lowest BCUT2D eigenvalue weighted by Crippen LogP contribution is -2.06. The van der Waals surface area contributed by atoms with Crippen molar-refractivity contribution in [3.8, 4) is 0 Å². The molecule has 0 saturated heterocycles. The molecular formula is C11H7F4N3O2. The van der Waals surface area contributed by atoms with Gasteiger partial charge in [-0.2, -0.15) is 22.7 Å². The fourth-order valence-electron chi connectivity index (χ4n) is 1.60. The van der Waals surface area contributed by atoms with Gasteiger partial charge in [-0.05, 0) is 0 Å². The van der Waals surface area contributed by atoms with Crippen LogP contribution in [0.15, 0.2) is 30.6 Å². The topological polar surface area (TPSA) is 61.0 Å². The van der Waals surface area contributed by atoms with Crippen LogP contribution in [0.3, 0.4) is 0 Å². The SMILES string of the molecule is O=[N+]([O-])c1cccc(Cn2cc(C(F)(F)F)cn2)c1F. The highest BCUT2D eigenvalue weighted by molar-refractivity contribution is 5.36. The predicted molar refractivity (Wildman–Crippen MR) is 59.4 cm³/mol. The van der Waals surface area contributed by atoms with Crippen LogP contribution in [0, 0.1) is 15.9 Å². The van der Waals surface area contributed by atoms with Crippen LogP contribution in [-0.4, -0.2) is 14.7 Å². The van der Waals surface area contributed by atoms with Gasteiger partial charge in [0, 0.05) is 17.8 Å². The van der Waals surface area contributed by atoms with E-state index >= 15 is 0 Å². The van der Waals surface area contributed by atoms with E-state index in [1.54, 1.807) is 0 Å². The molecule has 1 aromatic carbocycles. The Morgan fingerprint density at radius 2 is 2.05 bits per heavy atom. The van der Waals surface area contributed by atoms with Crippen LogP contribution in [0.2, 0.25) is 0 Å². The Bertz CT molecular complexity index is 651. The molecule has 0 amide bonds. The fourth-order valence-corrected chi connectivity index (χ4v) is 1.60. The first-order valence-electron chi connectivity index (χ1n) is 5.30. The van der Waals surface area contributed by atoms with E-state index in [9.17, 15) is 27.7 Å². The van der Waals surface area contributed by atoms with Crippen molar-refractivity contribution in [3.05, 3.63) is 57.7 Å². The number of nitrogens with zero attached hydrogens (tertiary/aromatic N) is 3. The summed E-state index contributed by atoms with van der Waals surface area (Å²) in [5.41, 5.74) is -1.81. The molecular weight excluding hydrogens is 282 g/mol. The van der Waals surface area contributed by atoms with Gasteiger partial charge in [-0.3, -0.25) is 14.8 Å². The maximum atomic E-state index is 13.7. The number of alkyl halides is 3.